The lowest BCUT2D eigenvalue weighted by atomic mass is 10.0. The van der Waals surface area contributed by atoms with Crippen LogP contribution >= 0.6 is 0 Å². The number of hydrazine groups is 1. The SMILES string of the molecule is CC(C)CN=C(NC(=O)c1cccc(C#N)c1)NC1CC(c2ccc(F)cc2)NN1. The number of amides is 1. The van der Waals surface area contributed by atoms with Crippen LogP contribution in [0.25, 0.3) is 0 Å². The quantitative estimate of drug-likeness (QED) is 0.450. The maximum Gasteiger partial charge on any atom is 0.257 e. The van der Waals surface area contributed by atoms with Crippen LogP contribution in [0.4, 0.5) is 4.39 Å². The van der Waals surface area contributed by atoms with Gasteiger partial charge in [-0.15, -0.1) is 0 Å². The predicted molar refractivity (Wildman–Crippen MR) is 113 cm³/mol. The molecule has 0 aromatic heterocycles. The van der Waals surface area contributed by atoms with Crippen molar-refractivity contribution in [3.8, 4) is 6.07 Å². The first-order valence-corrected chi connectivity index (χ1v) is 9.83. The number of halogens is 1. The van der Waals surface area contributed by atoms with E-state index in [4.69, 9.17) is 5.26 Å². The third-order valence-corrected chi connectivity index (χ3v) is 4.59. The van der Waals surface area contributed by atoms with Crippen molar-refractivity contribution in [3.63, 3.8) is 0 Å². The summed E-state index contributed by atoms with van der Waals surface area (Å²) in [4.78, 5) is 17.1. The number of hydrogen-bond acceptors (Lipinski definition) is 5. The van der Waals surface area contributed by atoms with E-state index in [1.807, 2.05) is 19.9 Å². The van der Waals surface area contributed by atoms with Gasteiger partial charge in [0.1, 0.15) is 5.82 Å². The lowest BCUT2D eigenvalue weighted by Crippen LogP contribution is -2.50. The summed E-state index contributed by atoms with van der Waals surface area (Å²) in [6, 6.07) is 14.9. The van der Waals surface area contributed by atoms with Crippen molar-refractivity contribution in [2.24, 2.45) is 10.9 Å². The first-order chi connectivity index (χ1) is 14.4. The van der Waals surface area contributed by atoms with Gasteiger partial charge in [-0.3, -0.25) is 15.1 Å². The van der Waals surface area contributed by atoms with Crippen LogP contribution < -0.4 is 21.5 Å². The number of nitrogens with one attached hydrogen (secondary N) is 4. The molecular weight excluding hydrogens is 383 g/mol. The Labute approximate surface area is 175 Å². The Bertz CT molecular complexity index is 951. The van der Waals surface area contributed by atoms with Crippen molar-refractivity contribution < 1.29 is 9.18 Å². The van der Waals surface area contributed by atoms with Crippen LogP contribution in [0, 0.1) is 23.1 Å². The molecule has 1 amide bonds. The van der Waals surface area contributed by atoms with Crippen molar-refractivity contribution in [2.75, 3.05) is 6.54 Å². The molecule has 8 heteroatoms. The third kappa shape index (κ3) is 5.86. The number of nitriles is 1. The fourth-order valence-corrected chi connectivity index (χ4v) is 3.03. The summed E-state index contributed by atoms with van der Waals surface area (Å²) in [7, 11) is 0. The monoisotopic (exact) mass is 408 g/mol. The smallest absolute Gasteiger partial charge is 0.257 e. The first kappa shape index (κ1) is 21.4. The van der Waals surface area contributed by atoms with Crippen molar-refractivity contribution >= 4 is 11.9 Å². The van der Waals surface area contributed by atoms with Crippen LogP contribution in [-0.4, -0.2) is 24.6 Å². The molecule has 30 heavy (non-hydrogen) atoms. The molecule has 2 aromatic carbocycles. The van der Waals surface area contributed by atoms with E-state index in [-0.39, 0.29) is 23.9 Å². The molecule has 0 radical (unpaired) electrons. The lowest BCUT2D eigenvalue weighted by Gasteiger charge is -2.17. The summed E-state index contributed by atoms with van der Waals surface area (Å²) in [6.07, 6.45) is 0.489. The van der Waals surface area contributed by atoms with Crippen LogP contribution in [0.1, 0.15) is 47.8 Å². The molecule has 1 fully saturated rings. The van der Waals surface area contributed by atoms with E-state index in [0.717, 1.165) is 5.56 Å². The second-order valence-electron chi connectivity index (χ2n) is 7.56. The van der Waals surface area contributed by atoms with Gasteiger partial charge in [-0.05, 0) is 41.8 Å². The summed E-state index contributed by atoms with van der Waals surface area (Å²) in [5.41, 5.74) is 8.08. The number of carbonyl (C=O) groups excluding carboxylic acids is 1. The van der Waals surface area contributed by atoms with Crippen LogP contribution in [0.3, 0.4) is 0 Å². The highest BCUT2D eigenvalue weighted by molar-refractivity contribution is 6.05. The van der Waals surface area contributed by atoms with E-state index in [9.17, 15) is 9.18 Å². The highest BCUT2D eigenvalue weighted by Gasteiger charge is 2.26. The normalized spacial score (nSPS) is 18.8. The zero-order valence-corrected chi connectivity index (χ0v) is 16.9. The van der Waals surface area contributed by atoms with Gasteiger partial charge in [-0.25, -0.2) is 15.2 Å². The first-order valence-electron chi connectivity index (χ1n) is 9.83. The maximum absolute atomic E-state index is 13.2. The molecular formula is C22H25FN6O. The van der Waals surface area contributed by atoms with E-state index < -0.39 is 0 Å². The molecule has 1 heterocycles. The number of guanidine groups is 1. The summed E-state index contributed by atoms with van der Waals surface area (Å²) in [5.74, 6) is 0.0613. The van der Waals surface area contributed by atoms with Gasteiger partial charge in [0, 0.05) is 24.6 Å². The highest BCUT2D eigenvalue weighted by Crippen LogP contribution is 2.21. The number of rotatable bonds is 5. The molecule has 3 rings (SSSR count). The fourth-order valence-electron chi connectivity index (χ4n) is 3.03. The second kappa shape index (κ2) is 9.96. The van der Waals surface area contributed by atoms with Gasteiger partial charge in [0.2, 0.25) is 0 Å². The van der Waals surface area contributed by atoms with Crippen LogP contribution in [0.2, 0.25) is 0 Å². The topological polar surface area (TPSA) is 101 Å². The Kier molecular flexibility index (Phi) is 7.12. The Morgan fingerprint density at radius 1 is 1.27 bits per heavy atom. The number of nitrogens with zero attached hydrogens (tertiary/aromatic N) is 2. The lowest BCUT2D eigenvalue weighted by molar-refractivity contribution is 0.0975. The minimum atomic E-state index is -0.344. The molecule has 0 spiro atoms. The average Bonchev–Trinajstić information content (AvgIpc) is 3.21. The number of aliphatic imine (C=N–C) groups is 1. The molecule has 1 saturated heterocycles. The highest BCUT2D eigenvalue weighted by atomic mass is 19.1. The van der Waals surface area contributed by atoms with Gasteiger partial charge < -0.3 is 5.32 Å². The van der Waals surface area contributed by atoms with Gasteiger partial charge in [0.15, 0.2) is 5.96 Å². The van der Waals surface area contributed by atoms with Crippen molar-refractivity contribution in [2.45, 2.75) is 32.5 Å². The zero-order valence-electron chi connectivity index (χ0n) is 16.9. The van der Waals surface area contributed by atoms with E-state index >= 15 is 0 Å². The zero-order chi connectivity index (χ0) is 21.5. The maximum atomic E-state index is 13.2. The predicted octanol–water partition coefficient (Wildman–Crippen LogP) is 2.59. The standard InChI is InChI=1S/C22H25FN6O/c1-14(2)13-25-22(27-21(30)17-5-3-4-15(10-17)12-24)26-20-11-19(28-29-20)16-6-8-18(23)9-7-16/h3-10,14,19-20,28-29H,11,13H2,1-2H3,(H2,25,26,27,30). The van der Waals surface area contributed by atoms with Crippen LogP contribution in [0.5, 0.6) is 0 Å². The molecule has 1 aliphatic rings. The fraction of sp³-hybridized carbons (Fsp3) is 0.318. The summed E-state index contributed by atoms with van der Waals surface area (Å²) >= 11 is 0. The third-order valence-electron chi connectivity index (χ3n) is 4.59. The molecule has 2 unspecified atom stereocenters. The Morgan fingerprint density at radius 3 is 2.73 bits per heavy atom. The van der Waals surface area contributed by atoms with Crippen molar-refractivity contribution in [3.05, 3.63) is 71.0 Å². The largest absolute Gasteiger partial charge is 0.339 e. The van der Waals surface area contributed by atoms with Gasteiger partial charge >= 0.3 is 0 Å². The number of carbonyl (C=O) groups is 1. The van der Waals surface area contributed by atoms with Crippen LogP contribution in [-0.2, 0) is 0 Å². The van der Waals surface area contributed by atoms with Crippen molar-refractivity contribution in [1.29, 1.82) is 5.26 Å². The summed E-state index contributed by atoms with van der Waals surface area (Å²) in [5, 5.41) is 15.1. The molecule has 0 aliphatic carbocycles. The molecule has 4 N–H and O–H groups in total. The molecule has 1 aliphatic heterocycles. The molecule has 2 atom stereocenters. The van der Waals surface area contributed by atoms with Crippen LogP contribution in [0.15, 0.2) is 53.5 Å². The second-order valence-corrected chi connectivity index (χ2v) is 7.56. The summed E-state index contributed by atoms with van der Waals surface area (Å²) < 4.78 is 13.2. The van der Waals surface area contributed by atoms with Gasteiger partial charge in [0.05, 0.1) is 17.8 Å². The van der Waals surface area contributed by atoms with E-state index in [1.165, 1.54) is 18.2 Å². The molecule has 0 saturated carbocycles. The van der Waals surface area contributed by atoms with Crippen molar-refractivity contribution in [1.82, 2.24) is 21.5 Å². The van der Waals surface area contributed by atoms with E-state index in [2.05, 4.69) is 26.5 Å². The van der Waals surface area contributed by atoms with E-state index in [1.54, 1.807) is 30.3 Å². The van der Waals surface area contributed by atoms with Gasteiger partial charge in [0.25, 0.3) is 5.91 Å². The average molecular weight is 408 g/mol. The number of benzene rings is 2. The molecule has 0 bridgehead atoms. The molecule has 156 valence electrons. The van der Waals surface area contributed by atoms with Gasteiger partial charge in [-0.1, -0.05) is 32.0 Å². The Balaban J connectivity index is 1.67. The molecule has 2 aromatic rings. The minimum absolute atomic E-state index is 0.00235. The Hall–Kier alpha value is -3.28. The number of hydrogen-bond donors (Lipinski definition) is 4. The molecule has 7 nitrogen and oxygen atoms in total. The summed E-state index contributed by atoms with van der Waals surface area (Å²) in [6.45, 7) is 4.63. The Morgan fingerprint density at radius 2 is 2.03 bits per heavy atom. The minimum Gasteiger partial charge on any atom is -0.339 e. The van der Waals surface area contributed by atoms with E-state index in [0.29, 0.717) is 36.0 Å². The van der Waals surface area contributed by atoms with Gasteiger partial charge in [-0.2, -0.15) is 5.26 Å².